The Morgan fingerprint density at radius 2 is 2.35 bits per heavy atom. The van der Waals surface area contributed by atoms with E-state index < -0.39 is 0 Å². The normalized spacial score (nSPS) is 12.4. The Hall–Kier alpha value is -1.36. The third-order valence-corrected chi connectivity index (χ3v) is 2.53. The zero-order valence-electron chi connectivity index (χ0n) is 10.8. The van der Waals surface area contributed by atoms with E-state index in [-0.39, 0.29) is 12.0 Å². The fraction of sp³-hybridized carbons (Fsp3) is 0.667. The molecule has 0 fully saturated rings. The van der Waals surface area contributed by atoms with Gasteiger partial charge in [-0.15, -0.1) is 0 Å². The molecule has 1 unspecified atom stereocenters. The molecule has 0 aliphatic carbocycles. The van der Waals surface area contributed by atoms with Crippen molar-refractivity contribution in [2.75, 3.05) is 13.2 Å². The fourth-order valence-corrected chi connectivity index (χ4v) is 1.69. The average molecular weight is 239 g/mol. The number of nitrogens with zero attached hydrogens (tertiary/aromatic N) is 2. The van der Waals surface area contributed by atoms with Gasteiger partial charge >= 0.3 is 5.97 Å². The molecule has 0 radical (unpaired) electrons. The number of imidazole rings is 1. The molecule has 0 aliphatic rings. The molecule has 1 N–H and O–H groups in total. The van der Waals surface area contributed by atoms with Crippen molar-refractivity contribution in [1.29, 1.82) is 0 Å². The van der Waals surface area contributed by atoms with Gasteiger partial charge in [-0.05, 0) is 19.9 Å². The number of ether oxygens (including phenoxy) is 1. The fourth-order valence-electron chi connectivity index (χ4n) is 1.69. The molecule has 0 amide bonds. The Morgan fingerprint density at radius 1 is 1.59 bits per heavy atom. The lowest BCUT2D eigenvalue weighted by Crippen LogP contribution is -2.27. The summed E-state index contributed by atoms with van der Waals surface area (Å²) in [4.78, 5) is 15.6. The van der Waals surface area contributed by atoms with E-state index in [0.29, 0.717) is 13.0 Å². The van der Waals surface area contributed by atoms with Crippen molar-refractivity contribution in [2.24, 2.45) is 7.05 Å². The number of nitrogens with one attached hydrogen (secondary N) is 1. The molecule has 0 spiro atoms. The molecule has 1 atom stereocenters. The molecule has 1 heterocycles. The van der Waals surface area contributed by atoms with Gasteiger partial charge in [0.25, 0.3) is 0 Å². The second kappa shape index (κ2) is 7.06. The van der Waals surface area contributed by atoms with Gasteiger partial charge in [0.2, 0.25) is 0 Å². The highest BCUT2D eigenvalue weighted by Crippen LogP contribution is 2.16. The summed E-state index contributed by atoms with van der Waals surface area (Å²) in [5, 5.41) is 3.34. The maximum atomic E-state index is 11.5. The monoisotopic (exact) mass is 239 g/mol. The lowest BCUT2D eigenvalue weighted by molar-refractivity contribution is -0.143. The van der Waals surface area contributed by atoms with Gasteiger partial charge in [-0.2, -0.15) is 0 Å². The van der Waals surface area contributed by atoms with Crippen LogP contribution in [0.25, 0.3) is 0 Å². The molecule has 0 saturated heterocycles. The molecule has 1 aromatic heterocycles. The van der Waals surface area contributed by atoms with Crippen LogP contribution in [0, 0.1) is 0 Å². The van der Waals surface area contributed by atoms with Crippen molar-refractivity contribution >= 4 is 5.97 Å². The number of aryl methyl sites for hydroxylation is 1. The van der Waals surface area contributed by atoms with Crippen LogP contribution in [-0.4, -0.2) is 28.7 Å². The molecule has 5 nitrogen and oxygen atoms in total. The number of carbonyl (C=O) groups excluding carboxylic acids is 1. The zero-order valence-corrected chi connectivity index (χ0v) is 10.8. The van der Waals surface area contributed by atoms with Crippen LogP contribution in [0.5, 0.6) is 0 Å². The van der Waals surface area contributed by atoms with E-state index in [1.54, 1.807) is 12.5 Å². The van der Waals surface area contributed by atoms with Crippen LogP contribution in [0.1, 0.15) is 38.4 Å². The van der Waals surface area contributed by atoms with Crippen molar-refractivity contribution in [1.82, 2.24) is 14.9 Å². The molecule has 0 saturated carbocycles. The molecule has 0 bridgehead atoms. The lowest BCUT2D eigenvalue weighted by atomic mass is 10.1. The van der Waals surface area contributed by atoms with Gasteiger partial charge in [-0.1, -0.05) is 6.92 Å². The molecule has 17 heavy (non-hydrogen) atoms. The van der Waals surface area contributed by atoms with Gasteiger partial charge in [0.05, 0.1) is 31.1 Å². The second-order valence-electron chi connectivity index (χ2n) is 3.95. The SMILES string of the molecule is CCCNC(CC(=O)OCC)c1cncn1C. The molecular formula is C12H21N3O2. The van der Waals surface area contributed by atoms with E-state index in [1.165, 1.54) is 0 Å². The van der Waals surface area contributed by atoms with Crippen LogP contribution in [-0.2, 0) is 16.6 Å². The van der Waals surface area contributed by atoms with E-state index >= 15 is 0 Å². The minimum atomic E-state index is -0.178. The van der Waals surface area contributed by atoms with Gasteiger partial charge in [0.15, 0.2) is 0 Å². The first-order valence-electron chi connectivity index (χ1n) is 6.04. The zero-order chi connectivity index (χ0) is 12.7. The topological polar surface area (TPSA) is 56.1 Å². The number of rotatable bonds is 7. The van der Waals surface area contributed by atoms with E-state index in [0.717, 1.165) is 18.7 Å². The Kier molecular flexibility index (Phi) is 5.69. The molecule has 1 rings (SSSR count). The predicted molar refractivity (Wildman–Crippen MR) is 65.5 cm³/mol. The molecule has 1 aromatic rings. The summed E-state index contributed by atoms with van der Waals surface area (Å²) < 4.78 is 6.90. The highest BCUT2D eigenvalue weighted by molar-refractivity contribution is 5.70. The summed E-state index contributed by atoms with van der Waals surface area (Å²) in [7, 11) is 1.92. The maximum Gasteiger partial charge on any atom is 0.307 e. The average Bonchev–Trinajstić information content (AvgIpc) is 2.71. The smallest absolute Gasteiger partial charge is 0.307 e. The highest BCUT2D eigenvalue weighted by Gasteiger charge is 2.18. The van der Waals surface area contributed by atoms with Gasteiger partial charge in [-0.25, -0.2) is 4.98 Å². The van der Waals surface area contributed by atoms with Crippen molar-refractivity contribution in [3.05, 3.63) is 18.2 Å². The quantitative estimate of drug-likeness (QED) is 0.731. The third-order valence-electron chi connectivity index (χ3n) is 2.53. The summed E-state index contributed by atoms with van der Waals surface area (Å²) in [6, 6.07) is -0.0264. The van der Waals surface area contributed by atoms with Gasteiger partial charge in [0.1, 0.15) is 0 Å². The Morgan fingerprint density at radius 3 is 2.88 bits per heavy atom. The van der Waals surface area contributed by atoms with E-state index in [4.69, 9.17) is 4.74 Å². The van der Waals surface area contributed by atoms with Gasteiger partial charge < -0.3 is 14.6 Å². The van der Waals surface area contributed by atoms with E-state index in [2.05, 4.69) is 17.2 Å². The van der Waals surface area contributed by atoms with Crippen LogP contribution in [0.4, 0.5) is 0 Å². The van der Waals surface area contributed by atoms with Crippen molar-refractivity contribution in [3.8, 4) is 0 Å². The minimum absolute atomic E-state index is 0.0264. The van der Waals surface area contributed by atoms with E-state index in [1.807, 2.05) is 18.5 Å². The molecular weight excluding hydrogens is 218 g/mol. The summed E-state index contributed by atoms with van der Waals surface area (Å²) in [6.45, 7) is 5.20. The number of hydrogen-bond acceptors (Lipinski definition) is 4. The molecule has 0 aromatic carbocycles. The largest absolute Gasteiger partial charge is 0.466 e. The first-order valence-corrected chi connectivity index (χ1v) is 6.04. The first-order chi connectivity index (χ1) is 8.19. The Labute approximate surface area is 102 Å². The van der Waals surface area contributed by atoms with E-state index in [9.17, 15) is 4.79 Å². The molecule has 96 valence electrons. The van der Waals surface area contributed by atoms with Crippen molar-refractivity contribution < 1.29 is 9.53 Å². The summed E-state index contributed by atoms with van der Waals surface area (Å²) in [5.41, 5.74) is 1.01. The van der Waals surface area contributed by atoms with Crippen LogP contribution >= 0.6 is 0 Å². The number of carbonyl (C=O) groups is 1. The number of esters is 1. The maximum absolute atomic E-state index is 11.5. The second-order valence-corrected chi connectivity index (χ2v) is 3.95. The van der Waals surface area contributed by atoms with Gasteiger partial charge in [0, 0.05) is 13.2 Å². The number of hydrogen-bond donors (Lipinski definition) is 1. The van der Waals surface area contributed by atoms with Crippen molar-refractivity contribution in [2.45, 2.75) is 32.7 Å². The summed E-state index contributed by atoms with van der Waals surface area (Å²) in [6.07, 6.45) is 4.89. The van der Waals surface area contributed by atoms with Crippen molar-refractivity contribution in [3.63, 3.8) is 0 Å². The Bertz CT molecular complexity index is 349. The standard InChI is InChI=1S/C12H21N3O2/c1-4-6-14-10(7-12(16)17-5-2)11-8-13-9-15(11)3/h8-10,14H,4-7H2,1-3H3. The third kappa shape index (κ3) is 4.19. The lowest BCUT2D eigenvalue weighted by Gasteiger charge is -2.18. The Balaban J connectivity index is 2.67. The number of aromatic nitrogens is 2. The summed E-state index contributed by atoms with van der Waals surface area (Å²) >= 11 is 0. The first kappa shape index (κ1) is 13.7. The highest BCUT2D eigenvalue weighted by atomic mass is 16.5. The molecule has 5 heteroatoms. The van der Waals surface area contributed by atoms with Crippen LogP contribution in [0.2, 0.25) is 0 Å². The van der Waals surface area contributed by atoms with Crippen LogP contribution < -0.4 is 5.32 Å². The van der Waals surface area contributed by atoms with Crippen LogP contribution in [0.3, 0.4) is 0 Å². The molecule has 0 aliphatic heterocycles. The van der Waals surface area contributed by atoms with Gasteiger partial charge in [-0.3, -0.25) is 4.79 Å². The predicted octanol–water partition coefficient (Wildman–Crippen LogP) is 1.41. The minimum Gasteiger partial charge on any atom is -0.466 e. The summed E-state index contributed by atoms with van der Waals surface area (Å²) in [5.74, 6) is -0.178. The van der Waals surface area contributed by atoms with Crippen LogP contribution in [0.15, 0.2) is 12.5 Å².